The molecule has 3 amide bonds. The fourth-order valence-electron chi connectivity index (χ4n) is 3.10. The summed E-state index contributed by atoms with van der Waals surface area (Å²) in [6, 6.07) is 8.47. The Balaban J connectivity index is 2.35. The van der Waals surface area contributed by atoms with Crippen LogP contribution in [-0.4, -0.2) is 41.8 Å². The number of urea groups is 1. The van der Waals surface area contributed by atoms with Gasteiger partial charge in [0.05, 0.1) is 27.8 Å². The number of nitrogens with one attached hydrogen (secondary N) is 1. The Hall–Kier alpha value is -2.78. The first-order valence-corrected chi connectivity index (χ1v) is 11.7. The van der Waals surface area contributed by atoms with E-state index in [4.69, 9.17) is 23.2 Å². The monoisotopic (exact) mass is 530 g/mol. The van der Waals surface area contributed by atoms with Crippen LogP contribution in [0.1, 0.15) is 43.7 Å². The van der Waals surface area contributed by atoms with Crippen molar-refractivity contribution in [3.05, 3.63) is 63.6 Å². The van der Waals surface area contributed by atoms with Crippen molar-refractivity contribution in [2.45, 2.75) is 45.3 Å². The number of unbranched alkanes of at least 4 members (excludes halogenated alkanes) is 3. The Morgan fingerprint density at radius 1 is 1.09 bits per heavy atom. The molecule has 0 saturated carbocycles. The van der Waals surface area contributed by atoms with Crippen LogP contribution in [0.2, 0.25) is 10.0 Å². The van der Waals surface area contributed by atoms with E-state index in [1.807, 2.05) is 0 Å². The zero-order valence-electron chi connectivity index (χ0n) is 19.4. The van der Waals surface area contributed by atoms with Gasteiger partial charge in [-0.15, -0.1) is 0 Å². The maximum absolute atomic E-state index is 13.2. The van der Waals surface area contributed by atoms with Gasteiger partial charge in [0.15, 0.2) is 0 Å². The van der Waals surface area contributed by atoms with Crippen LogP contribution >= 0.6 is 23.2 Å². The van der Waals surface area contributed by atoms with Gasteiger partial charge in [0.2, 0.25) is 12.4 Å². The molecule has 0 spiro atoms. The average Bonchev–Trinajstić information content (AvgIpc) is 2.81. The molecule has 0 heterocycles. The predicted molar refractivity (Wildman–Crippen MR) is 132 cm³/mol. The second kappa shape index (κ2) is 13.3. The SMILES string of the molecule is CCCCCCN(C)C(=O)NC(=Nc1cccc(C(F)(F)F)c1)N(C=O)Cc1ccc(Cl)c(Cl)c1. The second-order valence-corrected chi connectivity index (χ2v) is 8.69. The molecule has 1 N–H and O–H groups in total. The highest BCUT2D eigenvalue weighted by Crippen LogP contribution is 2.31. The molecule has 0 bridgehead atoms. The quantitative estimate of drug-likeness (QED) is 0.166. The van der Waals surface area contributed by atoms with E-state index >= 15 is 0 Å². The molecule has 190 valence electrons. The molecular weight excluding hydrogens is 504 g/mol. The van der Waals surface area contributed by atoms with Gasteiger partial charge in [0.25, 0.3) is 0 Å². The van der Waals surface area contributed by atoms with Crippen LogP contribution in [0.15, 0.2) is 47.5 Å². The molecule has 11 heteroatoms. The summed E-state index contributed by atoms with van der Waals surface area (Å²) in [5.41, 5.74) is -0.410. The van der Waals surface area contributed by atoms with Gasteiger partial charge >= 0.3 is 12.2 Å². The fraction of sp³-hybridized carbons (Fsp3) is 0.375. The molecular formula is C24H27Cl2F3N4O2. The van der Waals surface area contributed by atoms with E-state index in [1.165, 1.54) is 17.0 Å². The first-order valence-electron chi connectivity index (χ1n) is 11.0. The van der Waals surface area contributed by atoms with Crippen LogP contribution in [0.3, 0.4) is 0 Å². The van der Waals surface area contributed by atoms with Crippen molar-refractivity contribution in [3.8, 4) is 0 Å². The molecule has 2 aromatic rings. The third-order valence-corrected chi connectivity index (χ3v) is 5.80. The summed E-state index contributed by atoms with van der Waals surface area (Å²) in [6.45, 7) is 2.49. The lowest BCUT2D eigenvalue weighted by Crippen LogP contribution is -2.48. The molecule has 0 atom stereocenters. The summed E-state index contributed by atoms with van der Waals surface area (Å²) < 4.78 is 39.5. The number of carbonyl (C=O) groups excluding carboxylic acids is 2. The van der Waals surface area contributed by atoms with Gasteiger partial charge in [0.1, 0.15) is 0 Å². The van der Waals surface area contributed by atoms with E-state index < -0.39 is 17.8 Å². The number of guanidine groups is 1. The lowest BCUT2D eigenvalue weighted by molar-refractivity contribution is -0.137. The van der Waals surface area contributed by atoms with Crippen molar-refractivity contribution in [1.29, 1.82) is 0 Å². The molecule has 0 aliphatic rings. The van der Waals surface area contributed by atoms with Crippen molar-refractivity contribution >= 4 is 47.3 Å². The van der Waals surface area contributed by atoms with Gasteiger partial charge in [0, 0.05) is 13.6 Å². The minimum atomic E-state index is -4.57. The third kappa shape index (κ3) is 9.07. The molecule has 0 radical (unpaired) electrons. The zero-order chi connectivity index (χ0) is 26.0. The number of halogens is 5. The molecule has 0 saturated heterocycles. The number of aliphatic imine (C=N–C) groups is 1. The van der Waals surface area contributed by atoms with Gasteiger partial charge in [-0.2, -0.15) is 13.2 Å². The molecule has 6 nitrogen and oxygen atoms in total. The van der Waals surface area contributed by atoms with Gasteiger partial charge in [-0.3, -0.25) is 15.0 Å². The molecule has 0 aliphatic heterocycles. The third-order valence-electron chi connectivity index (χ3n) is 5.06. The van der Waals surface area contributed by atoms with Crippen molar-refractivity contribution in [3.63, 3.8) is 0 Å². The van der Waals surface area contributed by atoms with Crippen LogP contribution in [0.25, 0.3) is 0 Å². The van der Waals surface area contributed by atoms with E-state index in [2.05, 4.69) is 17.2 Å². The lowest BCUT2D eigenvalue weighted by Gasteiger charge is -2.24. The van der Waals surface area contributed by atoms with Crippen molar-refractivity contribution < 1.29 is 22.8 Å². The summed E-state index contributed by atoms with van der Waals surface area (Å²) in [5, 5.41) is 3.14. The highest BCUT2D eigenvalue weighted by Gasteiger charge is 2.30. The minimum Gasteiger partial charge on any atom is -0.328 e. The highest BCUT2D eigenvalue weighted by molar-refractivity contribution is 6.42. The summed E-state index contributed by atoms with van der Waals surface area (Å²) in [5.74, 6) is -0.226. The van der Waals surface area contributed by atoms with Crippen molar-refractivity contribution in [2.24, 2.45) is 4.99 Å². The smallest absolute Gasteiger partial charge is 0.328 e. The highest BCUT2D eigenvalue weighted by atomic mass is 35.5. The standard InChI is InChI=1S/C24H27Cl2F3N4O2/c1-3-4-5-6-12-32(2)23(35)31-22(30-19-9-7-8-18(14-19)24(27,28)29)33(16-34)15-17-10-11-20(25)21(26)13-17/h7-11,13-14,16H,3-6,12,15H2,1-2H3,(H,30,31,35). The number of hydrogen-bond donors (Lipinski definition) is 1. The summed E-state index contributed by atoms with van der Waals surface area (Å²) in [6.07, 6.45) is -0.308. The van der Waals surface area contributed by atoms with Gasteiger partial charge in [-0.25, -0.2) is 9.79 Å². The molecule has 0 aromatic heterocycles. The first kappa shape index (κ1) is 28.5. The Labute approximate surface area is 212 Å². The van der Waals surface area contributed by atoms with Gasteiger partial charge < -0.3 is 4.90 Å². The number of hydrogen-bond acceptors (Lipinski definition) is 3. The Morgan fingerprint density at radius 2 is 1.83 bits per heavy atom. The van der Waals surface area contributed by atoms with Gasteiger partial charge in [-0.05, 0) is 42.3 Å². The topological polar surface area (TPSA) is 65.0 Å². The summed E-state index contributed by atoms with van der Waals surface area (Å²) in [7, 11) is 1.59. The summed E-state index contributed by atoms with van der Waals surface area (Å²) in [4.78, 5) is 31.4. The van der Waals surface area contributed by atoms with Gasteiger partial charge in [-0.1, -0.05) is 61.5 Å². The van der Waals surface area contributed by atoms with Crippen molar-refractivity contribution in [1.82, 2.24) is 15.1 Å². The minimum absolute atomic E-state index is 0.0569. The summed E-state index contributed by atoms with van der Waals surface area (Å²) >= 11 is 12.0. The second-order valence-electron chi connectivity index (χ2n) is 7.88. The normalized spacial score (nSPS) is 11.8. The van der Waals surface area contributed by atoms with Crippen LogP contribution < -0.4 is 5.32 Å². The number of rotatable bonds is 9. The molecule has 0 aliphatic carbocycles. The average molecular weight is 531 g/mol. The van der Waals surface area contributed by atoms with E-state index in [9.17, 15) is 22.8 Å². The zero-order valence-corrected chi connectivity index (χ0v) is 20.9. The largest absolute Gasteiger partial charge is 0.416 e. The number of benzene rings is 2. The molecule has 0 unspecified atom stereocenters. The Kier molecular flexibility index (Phi) is 10.9. The predicted octanol–water partition coefficient (Wildman–Crippen LogP) is 6.88. The maximum Gasteiger partial charge on any atom is 0.416 e. The fourth-order valence-corrected chi connectivity index (χ4v) is 3.42. The van der Waals surface area contributed by atoms with Crippen LogP contribution in [0.5, 0.6) is 0 Å². The van der Waals surface area contributed by atoms with Crippen LogP contribution in [-0.2, 0) is 17.5 Å². The molecule has 2 rings (SSSR count). The Morgan fingerprint density at radius 3 is 2.46 bits per heavy atom. The van der Waals surface area contributed by atoms with Crippen LogP contribution in [0.4, 0.5) is 23.7 Å². The molecule has 35 heavy (non-hydrogen) atoms. The van der Waals surface area contributed by atoms with E-state index in [0.717, 1.165) is 42.7 Å². The van der Waals surface area contributed by atoms with E-state index in [-0.39, 0.29) is 23.2 Å². The number of amides is 3. The van der Waals surface area contributed by atoms with E-state index in [1.54, 1.807) is 25.2 Å². The van der Waals surface area contributed by atoms with E-state index in [0.29, 0.717) is 23.5 Å². The van der Waals surface area contributed by atoms with Crippen molar-refractivity contribution in [2.75, 3.05) is 13.6 Å². The Bertz CT molecular complexity index is 1050. The first-order chi connectivity index (χ1) is 16.5. The number of nitrogens with zero attached hydrogens (tertiary/aromatic N) is 3. The number of alkyl halides is 3. The maximum atomic E-state index is 13.2. The molecule has 2 aromatic carbocycles. The molecule has 0 fully saturated rings. The lowest BCUT2D eigenvalue weighted by atomic mass is 10.2. The van der Waals surface area contributed by atoms with Crippen LogP contribution in [0, 0.1) is 0 Å². The number of carbonyl (C=O) groups is 2.